The number of halogens is 9. The summed E-state index contributed by atoms with van der Waals surface area (Å²) >= 11 is 0. The normalized spacial score (nSPS) is 17.2. The van der Waals surface area contributed by atoms with Crippen molar-refractivity contribution in [1.29, 1.82) is 0 Å². The van der Waals surface area contributed by atoms with Gasteiger partial charge in [0.05, 0.1) is 40.7 Å². The van der Waals surface area contributed by atoms with Crippen LogP contribution in [0.4, 0.5) is 55.9 Å². The first kappa shape index (κ1) is 33.8. The molecule has 0 saturated carbocycles. The number of carbonyl (C=O) groups is 1. The molecule has 3 N–H and O–H groups in total. The fourth-order valence-corrected chi connectivity index (χ4v) is 5.16. The Hall–Kier alpha value is -4.08. The molecule has 1 aliphatic rings. The van der Waals surface area contributed by atoms with Gasteiger partial charge in [-0.25, -0.2) is 14.8 Å². The molecule has 0 fully saturated rings. The highest BCUT2D eigenvalue weighted by atomic mass is 19.4. The zero-order valence-electron chi connectivity index (χ0n) is 23.9. The van der Waals surface area contributed by atoms with Crippen LogP contribution in [-0.2, 0) is 36.2 Å². The van der Waals surface area contributed by atoms with Crippen LogP contribution in [0.25, 0.3) is 0 Å². The molecular weight excluding hydrogens is 621 g/mol. The fourth-order valence-electron chi connectivity index (χ4n) is 5.16. The molecule has 7 nitrogen and oxygen atoms in total. The van der Waals surface area contributed by atoms with Crippen LogP contribution >= 0.6 is 0 Å². The molecule has 0 saturated heterocycles. The van der Waals surface area contributed by atoms with Gasteiger partial charge in [-0.1, -0.05) is 6.92 Å². The second kappa shape index (κ2) is 12.7. The lowest BCUT2D eigenvalue weighted by Gasteiger charge is -2.40. The number of nitrogens with one attached hydrogen (secondary N) is 1. The van der Waals surface area contributed by atoms with E-state index in [1.54, 1.807) is 13.8 Å². The van der Waals surface area contributed by atoms with Gasteiger partial charge in [0.2, 0.25) is 5.95 Å². The number of carbonyl (C=O) groups excluding carboxylic acids is 1. The number of alkyl halides is 9. The van der Waals surface area contributed by atoms with Gasteiger partial charge in [0.1, 0.15) is 0 Å². The van der Waals surface area contributed by atoms with E-state index in [-0.39, 0.29) is 59.7 Å². The summed E-state index contributed by atoms with van der Waals surface area (Å²) in [6.45, 7) is 3.19. The molecule has 1 amide bonds. The van der Waals surface area contributed by atoms with E-state index < -0.39 is 59.8 Å². The first-order chi connectivity index (χ1) is 21.0. The van der Waals surface area contributed by atoms with E-state index in [1.807, 2.05) is 0 Å². The SMILES string of the molecule is CCOC(=O)N1c2ccc(C(F)(F)F)cc2[C@@H](Nc2ncc(CN)c(Cc3cc(C(F)(F)F)cc(C(F)(F)F)c3)n2)C[C@H]1CC. The summed E-state index contributed by atoms with van der Waals surface area (Å²) in [4.78, 5) is 22.6. The summed E-state index contributed by atoms with van der Waals surface area (Å²) in [5, 5.41) is 2.95. The standard InChI is InChI=1S/C29H28F9N5O2/c1-3-20-12-23(21-11-17(27(30,31)32)5-6-24(21)43(20)26(44)45-4-2)42-25-40-14-16(13-39)22(41-25)9-15-7-18(28(33,34)35)10-19(8-15)29(36,37)38/h5-8,10-11,14,20,23H,3-4,9,12-13,39H2,1-2H3,(H,40,41,42)/t20-,23+/m1/s1. The Labute approximate surface area is 251 Å². The average Bonchev–Trinajstić information content (AvgIpc) is 2.95. The van der Waals surface area contributed by atoms with E-state index in [1.165, 1.54) is 17.2 Å². The second-order valence-electron chi connectivity index (χ2n) is 10.3. The molecule has 2 aromatic carbocycles. The summed E-state index contributed by atoms with van der Waals surface area (Å²) in [7, 11) is 0. The van der Waals surface area contributed by atoms with Crippen LogP contribution in [0.2, 0.25) is 0 Å². The van der Waals surface area contributed by atoms with Gasteiger partial charge in [0.25, 0.3) is 0 Å². The summed E-state index contributed by atoms with van der Waals surface area (Å²) < 4.78 is 127. The monoisotopic (exact) mass is 649 g/mol. The number of fused-ring (bicyclic) bond motifs is 1. The smallest absolute Gasteiger partial charge is 0.416 e. The van der Waals surface area contributed by atoms with Crippen molar-refractivity contribution in [2.75, 3.05) is 16.8 Å². The number of nitrogens with zero attached hydrogens (tertiary/aromatic N) is 3. The molecule has 2 atom stereocenters. The summed E-state index contributed by atoms with van der Waals surface area (Å²) in [6.07, 6.45) is -14.3. The van der Waals surface area contributed by atoms with Gasteiger partial charge >= 0.3 is 24.6 Å². The largest absolute Gasteiger partial charge is 0.449 e. The number of ether oxygens (including phenoxy) is 1. The number of benzene rings is 2. The highest BCUT2D eigenvalue weighted by Crippen LogP contribution is 2.43. The maximum atomic E-state index is 13.7. The number of rotatable bonds is 7. The Morgan fingerprint density at radius 2 is 1.58 bits per heavy atom. The Morgan fingerprint density at radius 1 is 0.956 bits per heavy atom. The Balaban J connectivity index is 1.75. The zero-order valence-corrected chi connectivity index (χ0v) is 23.9. The Bertz CT molecular complexity index is 1510. The van der Waals surface area contributed by atoms with Gasteiger partial charge in [-0.05, 0) is 67.3 Å². The van der Waals surface area contributed by atoms with Crippen LogP contribution in [0.3, 0.4) is 0 Å². The maximum absolute atomic E-state index is 13.7. The van der Waals surface area contributed by atoms with Gasteiger partial charge < -0.3 is 15.8 Å². The van der Waals surface area contributed by atoms with Crippen molar-refractivity contribution in [3.05, 3.63) is 81.7 Å². The molecule has 1 aliphatic heterocycles. The number of amides is 1. The van der Waals surface area contributed by atoms with E-state index in [0.29, 0.717) is 18.6 Å². The van der Waals surface area contributed by atoms with Crippen molar-refractivity contribution in [1.82, 2.24) is 9.97 Å². The van der Waals surface area contributed by atoms with E-state index >= 15 is 0 Å². The third-order valence-corrected chi connectivity index (χ3v) is 7.29. The molecule has 16 heteroatoms. The summed E-state index contributed by atoms with van der Waals surface area (Å²) in [6, 6.07) is 2.68. The predicted molar refractivity (Wildman–Crippen MR) is 145 cm³/mol. The molecule has 2 heterocycles. The number of aromatic nitrogens is 2. The molecule has 0 radical (unpaired) electrons. The van der Waals surface area contributed by atoms with Gasteiger partial charge in [0, 0.05) is 30.8 Å². The minimum atomic E-state index is -5.05. The van der Waals surface area contributed by atoms with E-state index in [4.69, 9.17) is 10.5 Å². The number of nitrogens with two attached hydrogens (primary N) is 1. The van der Waals surface area contributed by atoms with Crippen molar-refractivity contribution >= 4 is 17.7 Å². The molecule has 0 aliphatic carbocycles. The number of anilines is 2. The predicted octanol–water partition coefficient (Wildman–Crippen LogP) is 7.88. The first-order valence-corrected chi connectivity index (χ1v) is 13.7. The first-order valence-electron chi connectivity index (χ1n) is 13.7. The molecule has 3 aromatic rings. The molecule has 0 spiro atoms. The average molecular weight is 650 g/mol. The Morgan fingerprint density at radius 3 is 2.11 bits per heavy atom. The minimum Gasteiger partial charge on any atom is -0.449 e. The van der Waals surface area contributed by atoms with Crippen LogP contribution in [0, 0.1) is 0 Å². The van der Waals surface area contributed by atoms with Crippen LogP contribution in [-0.4, -0.2) is 28.7 Å². The van der Waals surface area contributed by atoms with Crippen molar-refractivity contribution < 1.29 is 49.0 Å². The third-order valence-electron chi connectivity index (χ3n) is 7.29. The maximum Gasteiger partial charge on any atom is 0.416 e. The van der Waals surface area contributed by atoms with Crippen LogP contribution in [0.1, 0.15) is 71.8 Å². The van der Waals surface area contributed by atoms with E-state index in [2.05, 4.69) is 15.3 Å². The van der Waals surface area contributed by atoms with Gasteiger partial charge in [-0.3, -0.25) is 4.90 Å². The summed E-state index contributed by atoms with van der Waals surface area (Å²) in [5.41, 5.74) is 1.94. The molecular formula is C29H28F9N5O2. The van der Waals surface area contributed by atoms with Crippen molar-refractivity contribution in [3.8, 4) is 0 Å². The Kier molecular flexibility index (Phi) is 9.56. The number of hydrogen-bond donors (Lipinski definition) is 2. The van der Waals surface area contributed by atoms with Gasteiger partial charge in [0.15, 0.2) is 0 Å². The molecule has 4 rings (SSSR count). The van der Waals surface area contributed by atoms with Gasteiger partial charge in [-0.2, -0.15) is 39.5 Å². The molecule has 0 unspecified atom stereocenters. The van der Waals surface area contributed by atoms with Gasteiger partial charge in [-0.15, -0.1) is 0 Å². The van der Waals surface area contributed by atoms with Crippen LogP contribution in [0.15, 0.2) is 42.6 Å². The van der Waals surface area contributed by atoms with Crippen LogP contribution in [0.5, 0.6) is 0 Å². The topological polar surface area (TPSA) is 93.4 Å². The van der Waals surface area contributed by atoms with Crippen molar-refractivity contribution in [3.63, 3.8) is 0 Å². The van der Waals surface area contributed by atoms with E-state index in [9.17, 15) is 44.3 Å². The molecule has 244 valence electrons. The van der Waals surface area contributed by atoms with Crippen molar-refractivity contribution in [2.24, 2.45) is 5.73 Å². The van der Waals surface area contributed by atoms with Crippen molar-refractivity contribution in [2.45, 2.75) is 70.3 Å². The molecule has 0 bridgehead atoms. The third kappa shape index (κ3) is 7.60. The fraction of sp³-hybridized carbons (Fsp3) is 0.414. The highest BCUT2D eigenvalue weighted by Gasteiger charge is 2.40. The molecule has 1 aromatic heterocycles. The molecule has 45 heavy (non-hydrogen) atoms. The quantitative estimate of drug-likeness (QED) is 0.253. The van der Waals surface area contributed by atoms with E-state index in [0.717, 1.165) is 12.1 Å². The lowest BCUT2D eigenvalue weighted by atomic mass is 9.89. The lowest BCUT2D eigenvalue weighted by molar-refractivity contribution is -0.143. The lowest BCUT2D eigenvalue weighted by Crippen LogP contribution is -2.46. The van der Waals surface area contributed by atoms with Crippen LogP contribution < -0.4 is 16.0 Å². The zero-order chi connectivity index (χ0) is 33.3. The summed E-state index contributed by atoms with van der Waals surface area (Å²) in [5.74, 6) is -0.155. The highest BCUT2D eigenvalue weighted by molar-refractivity contribution is 5.90. The minimum absolute atomic E-state index is 0.0137. The second-order valence-corrected chi connectivity index (χ2v) is 10.3. The number of hydrogen-bond acceptors (Lipinski definition) is 6.